The van der Waals surface area contributed by atoms with E-state index in [1.807, 2.05) is 26.8 Å². The molecule has 5 nitrogen and oxygen atoms in total. The molecule has 0 fully saturated rings. The second kappa shape index (κ2) is 5.99. The zero-order valence-electron chi connectivity index (χ0n) is 12.6. The summed E-state index contributed by atoms with van der Waals surface area (Å²) in [7, 11) is 0. The van der Waals surface area contributed by atoms with Crippen LogP contribution >= 0.6 is 11.3 Å². The van der Waals surface area contributed by atoms with Crippen molar-refractivity contribution in [2.75, 3.05) is 6.54 Å². The highest BCUT2D eigenvalue weighted by Gasteiger charge is 2.26. The molecule has 2 aromatic rings. The highest BCUT2D eigenvalue weighted by Crippen LogP contribution is 2.27. The molecule has 0 saturated carbocycles. The predicted octanol–water partition coefficient (Wildman–Crippen LogP) is 2.85. The molecule has 1 unspecified atom stereocenters. The highest BCUT2D eigenvalue weighted by atomic mass is 32.1. The number of aliphatic hydroxyl groups is 1. The van der Waals surface area contributed by atoms with Gasteiger partial charge < -0.3 is 14.8 Å². The average Bonchev–Trinajstić information content (AvgIpc) is 3.04. The number of furan rings is 1. The molecule has 114 valence electrons. The fourth-order valence-electron chi connectivity index (χ4n) is 1.66. The van der Waals surface area contributed by atoms with Crippen LogP contribution in [-0.2, 0) is 0 Å². The molecule has 0 aromatic carbocycles. The van der Waals surface area contributed by atoms with Crippen molar-refractivity contribution in [1.82, 2.24) is 10.3 Å². The number of hydrogen-bond acceptors (Lipinski definition) is 5. The van der Waals surface area contributed by atoms with Crippen molar-refractivity contribution in [3.8, 4) is 10.8 Å². The number of aromatic nitrogens is 1. The first-order chi connectivity index (χ1) is 9.81. The number of hydrogen-bond donors (Lipinski definition) is 2. The molecular formula is C15H20N2O3S. The molecule has 0 bridgehead atoms. The van der Waals surface area contributed by atoms with Gasteiger partial charge in [-0.25, -0.2) is 4.98 Å². The lowest BCUT2D eigenvalue weighted by molar-refractivity contribution is 0.0142. The predicted molar refractivity (Wildman–Crippen MR) is 82.3 cm³/mol. The van der Waals surface area contributed by atoms with Crippen LogP contribution in [0.1, 0.15) is 36.1 Å². The summed E-state index contributed by atoms with van der Waals surface area (Å²) in [6.45, 7) is 7.57. The molecule has 0 aliphatic heterocycles. The molecule has 2 N–H and O–H groups in total. The molecule has 0 radical (unpaired) electrons. The van der Waals surface area contributed by atoms with Gasteiger partial charge in [-0.3, -0.25) is 4.79 Å². The summed E-state index contributed by atoms with van der Waals surface area (Å²) in [5.41, 5.74) is -0.561. The van der Waals surface area contributed by atoms with E-state index in [4.69, 9.17) is 4.42 Å². The van der Waals surface area contributed by atoms with Gasteiger partial charge in [-0.2, -0.15) is 0 Å². The Morgan fingerprint density at radius 1 is 1.57 bits per heavy atom. The Balaban J connectivity index is 2.10. The molecule has 0 spiro atoms. The van der Waals surface area contributed by atoms with E-state index in [1.165, 1.54) is 11.3 Å². The zero-order valence-corrected chi connectivity index (χ0v) is 13.5. The summed E-state index contributed by atoms with van der Waals surface area (Å²) in [5, 5.41) is 13.6. The van der Waals surface area contributed by atoms with Gasteiger partial charge in [0.1, 0.15) is 5.69 Å². The molecule has 6 heteroatoms. The quantitative estimate of drug-likeness (QED) is 0.890. The van der Waals surface area contributed by atoms with Crippen molar-refractivity contribution in [1.29, 1.82) is 0 Å². The molecule has 21 heavy (non-hydrogen) atoms. The summed E-state index contributed by atoms with van der Waals surface area (Å²) in [6.07, 6.45) is 1.58. The van der Waals surface area contributed by atoms with E-state index >= 15 is 0 Å². The first kappa shape index (κ1) is 15.7. The number of nitrogens with one attached hydrogen (secondary N) is 1. The summed E-state index contributed by atoms with van der Waals surface area (Å²) in [6, 6.07) is 3.59. The van der Waals surface area contributed by atoms with Crippen LogP contribution in [0.2, 0.25) is 0 Å². The van der Waals surface area contributed by atoms with Crippen LogP contribution in [0.15, 0.2) is 22.8 Å². The first-order valence-electron chi connectivity index (χ1n) is 6.83. The average molecular weight is 308 g/mol. The number of aryl methyl sites for hydroxylation is 1. The minimum Gasteiger partial charge on any atom is -0.462 e. The topological polar surface area (TPSA) is 75.4 Å². The Labute approximate surface area is 128 Å². The molecule has 2 rings (SSSR count). The second-order valence-electron chi connectivity index (χ2n) is 5.60. The van der Waals surface area contributed by atoms with E-state index in [-0.39, 0.29) is 18.4 Å². The van der Waals surface area contributed by atoms with E-state index in [1.54, 1.807) is 19.3 Å². The lowest BCUT2D eigenvalue weighted by Crippen LogP contribution is -2.44. The van der Waals surface area contributed by atoms with Crippen molar-refractivity contribution in [3.63, 3.8) is 0 Å². The Morgan fingerprint density at radius 2 is 2.29 bits per heavy atom. The molecule has 1 amide bonds. The van der Waals surface area contributed by atoms with Gasteiger partial charge in [0.25, 0.3) is 5.91 Å². The summed E-state index contributed by atoms with van der Waals surface area (Å²) >= 11 is 1.41. The third-order valence-electron chi connectivity index (χ3n) is 3.59. The van der Waals surface area contributed by atoms with Gasteiger partial charge in [-0.1, -0.05) is 13.8 Å². The molecule has 2 heterocycles. The van der Waals surface area contributed by atoms with Crippen LogP contribution in [-0.4, -0.2) is 28.1 Å². The Morgan fingerprint density at radius 3 is 2.86 bits per heavy atom. The SMILES string of the molecule is Cc1sc(-c2ccco2)nc1C(=O)NCC(C)(O)C(C)C. The largest absolute Gasteiger partial charge is 0.462 e. The van der Waals surface area contributed by atoms with Crippen molar-refractivity contribution >= 4 is 17.2 Å². The molecule has 0 aliphatic rings. The van der Waals surface area contributed by atoms with Crippen molar-refractivity contribution in [2.24, 2.45) is 5.92 Å². The van der Waals surface area contributed by atoms with Gasteiger partial charge in [0, 0.05) is 11.4 Å². The van der Waals surface area contributed by atoms with Crippen LogP contribution in [0.5, 0.6) is 0 Å². The maximum Gasteiger partial charge on any atom is 0.271 e. The third kappa shape index (κ3) is 3.51. The van der Waals surface area contributed by atoms with E-state index in [9.17, 15) is 9.90 Å². The van der Waals surface area contributed by atoms with Crippen LogP contribution in [0.25, 0.3) is 10.8 Å². The first-order valence-corrected chi connectivity index (χ1v) is 7.65. The molecule has 2 aromatic heterocycles. The Hall–Kier alpha value is -1.66. The van der Waals surface area contributed by atoms with Gasteiger partial charge in [-0.05, 0) is 31.9 Å². The number of carbonyl (C=O) groups is 1. The Kier molecular flexibility index (Phi) is 4.49. The maximum atomic E-state index is 12.2. The van der Waals surface area contributed by atoms with Crippen molar-refractivity contribution in [2.45, 2.75) is 33.3 Å². The molecule has 0 saturated heterocycles. The highest BCUT2D eigenvalue weighted by molar-refractivity contribution is 7.15. The lowest BCUT2D eigenvalue weighted by atomic mass is 9.92. The van der Waals surface area contributed by atoms with Gasteiger partial charge in [0.15, 0.2) is 10.8 Å². The van der Waals surface area contributed by atoms with E-state index < -0.39 is 5.60 Å². The number of nitrogens with zero attached hydrogens (tertiary/aromatic N) is 1. The number of rotatable bonds is 5. The van der Waals surface area contributed by atoms with E-state index in [0.29, 0.717) is 16.5 Å². The van der Waals surface area contributed by atoms with Gasteiger partial charge >= 0.3 is 0 Å². The number of thiazole rings is 1. The zero-order chi connectivity index (χ0) is 15.6. The smallest absolute Gasteiger partial charge is 0.271 e. The standard InChI is InChI=1S/C15H20N2O3S/c1-9(2)15(4,19)8-16-13(18)12-10(3)21-14(17-12)11-6-5-7-20-11/h5-7,9,19H,8H2,1-4H3,(H,16,18). The van der Waals surface area contributed by atoms with Crippen LogP contribution < -0.4 is 5.32 Å². The van der Waals surface area contributed by atoms with Crippen LogP contribution in [0, 0.1) is 12.8 Å². The van der Waals surface area contributed by atoms with E-state index in [2.05, 4.69) is 10.3 Å². The fourth-order valence-corrected chi connectivity index (χ4v) is 2.54. The lowest BCUT2D eigenvalue weighted by Gasteiger charge is -2.27. The van der Waals surface area contributed by atoms with Crippen LogP contribution in [0.4, 0.5) is 0 Å². The minimum atomic E-state index is -0.941. The maximum absolute atomic E-state index is 12.2. The summed E-state index contributed by atoms with van der Waals surface area (Å²) < 4.78 is 5.29. The number of carbonyl (C=O) groups excluding carboxylic acids is 1. The second-order valence-corrected chi connectivity index (χ2v) is 6.80. The van der Waals surface area contributed by atoms with Crippen molar-refractivity contribution < 1.29 is 14.3 Å². The molecular weight excluding hydrogens is 288 g/mol. The molecule has 1 atom stereocenters. The third-order valence-corrected chi connectivity index (χ3v) is 4.58. The fraction of sp³-hybridized carbons (Fsp3) is 0.467. The van der Waals surface area contributed by atoms with Gasteiger partial charge in [-0.15, -0.1) is 11.3 Å². The van der Waals surface area contributed by atoms with Gasteiger partial charge in [0.05, 0.1) is 11.9 Å². The van der Waals surface area contributed by atoms with E-state index in [0.717, 1.165) is 4.88 Å². The monoisotopic (exact) mass is 308 g/mol. The van der Waals surface area contributed by atoms with Crippen LogP contribution in [0.3, 0.4) is 0 Å². The molecule has 0 aliphatic carbocycles. The van der Waals surface area contributed by atoms with Crippen molar-refractivity contribution in [3.05, 3.63) is 29.0 Å². The van der Waals surface area contributed by atoms with Gasteiger partial charge in [0.2, 0.25) is 0 Å². The summed E-state index contributed by atoms with van der Waals surface area (Å²) in [5.74, 6) is 0.423. The normalized spacial score (nSPS) is 14.2. The minimum absolute atomic E-state index is 0.0491. The summed E-state index contributed by atoms with van der Waals surface area (Å²) in [4.78, 5) is 17.4. The number of amides is 1. The Bertz CT molecular complexity index is 615.